The zero-order chi connectivity index (χ0) is 19.1. The molecule has 1 aromatic carbocycles. The first-order valence-electron chi connectivity index (χ1n) is 9.27. The van der Waals surface area contributed by atoms with Crippen molar-refractivity contribution in [2.45, 2.75) is 26.2 Å². The number of amides is 1. The first-order valence-corrected chi connectivity index (χ1v) is 9.27. The average Bonchev–Trinajstić information content (AvgIpc) is 2.73. The third-order valence-electron chi connectivity index (χ3n) is 4.45. The molecule has 142 valence electrons. The van der Waals surface area contributed by atoms with E-state index in [2.05, 4.69) is 15.3 Å². The van der Waals surface area contributed by atoms with Gasteiger partial charge in [-0.25, -0.2) is 14.8 Å². The average molecular weight is 368 g/mol. The molecular formula is C20H24N4O3. The molecule has 0 aliphatic carbocycles. The summed E-state index contributed by atoms with van der Waals surface area (Å²) in [6.07, 6.45) is 5.94. The topological polar surface area (TPSA) is 84.4 Å². The number of carbonyl (C=O) groups excluding carboxylic acids is 2. The molecule has 1 N–H and O–H groups in total. The molecule has 2 aromatic rings. The predicted octanol–water partition coefficient (Wildman–Crippen LogP) is 2.90. The molecule has 27 heavy (non-hydrogen) atoms. The number of aromatic nitrogens is 2. The largest absolute Gasteiger partial charge is 0.462 e. The van der Waals surface area contributed by atoms with Crippen LogP contribution in [0.1, 0.15) is 36.5 Å². The lowest BCUT2D eigenvalue weighted by atomic mass is 9.97. The van der Waals surface area contributed by atoms with E-state index in [1.807, 2.05) is 11.8 Å². The molecule has 0 saturated carbocycles. The van der Waals surface area contributed by atoms with Crippen LogP contribution in [-0.4, -0.2) is 41.5 Å². The Balaban J connectivity index is 1.57. The molecule has 1 aliphatic heterocycles. The molecule has 1 fully saturated rings. The van der Waals surface area contributed by atoms with Crippen LogP contribution in [0, 0.1) is 5.92 Å². The zero-order valence-corrected chi connectivity index (χ0v) is 15.4. The minimum Gasteiger partial charge on any atom is -0.462 e. The Morgan fingerprint density at radius 1 is 1.22 bits per heavy atom. The fourth-order valence-electron chi connectivity index (χ4n) is 3.04. The zero-order valence-electron chi connectivity index (χ0n) is 15.4. The maximum absolute atomic E-state index is 12.6. The quantitative estimate of drug-likeness (QED) is 0.789. The molecule has 1 unspecified atom stereocenters. The third kappa shape index (κ3) is 5.03. The number of hydrogen-bond donors (Lipinski definition) is 1. The second kappa shape index (κ2) is 9.12. The summed E-state index contributed by atoms with van der Waals surface area (Å²) < 4.78 is 5.10. The van der Waals surface area contributed by atoms with Gasteiger partial charge in [0.15, 0.2) is 0 Å². The maximum Gasteiger partial charge on any atom is 0.338 e. The van der Waals surface area contributed by atoms with E-state index < -0.39 is 0 Å². The molecule has 7 nitrogen and oxygen atoms in total. The van der Waals surface area contributed by atoms with Gasteiger partial charge in [0, 0.05) is 31.2 Å². The summed E-state index contributed by atoms with van der Waals surface area (Å²) in [6, 6.07) is 8.55. The third-order valence-corrected chi connectivity index (χ3v) is 4.45. The smallest absolute Gasteiger partial charge is 0.338 e. The van der Waals surface area contributed by atoms with Gasteiger partial charge in [0.25, 0.3) is 0 Å². The SMILES string of the molecule is CCCOC(=O)c1ccc(NC(=O)C2CCCN(c3ncccn3)C2)cc1. The number of rotatable bonds is 6. The minimum absolute atomic E-state index is 0.0306. The Morgan fingerprint density at radius 3 is 2.67 bits per heavy atom. The van der Waals surface area contributed by atoms with Crippen molar-refractivity contribution in [3.63, 3.8) is 0 Å². The highest BCUT2D eigenvalue weighted by Gasteiger charge is 2.27. The fourth-order valence-corrected chi connectivity index (χ4v) is 3.04. The molecule has 1 saturated heterocycles. The lowest BCUT2D eigenvalue weighted by Gasteiger charge is -2.31. The summed E-state index contributed by atoms with van der Waals surface area (Å²) >= 11 is 0. The number of anilines is 2. The van der Waals surface area contributed by atoms with Crippen molar-refractivity contribution < 1.29 is 14.3 Å². The molecule has 7 heteroatoms. The number of benzene rings is 1. The van der Waals surface area contributed by atoms with E-state index in [1.165, 1.54) is 0 Å². The highest BCUT2D eigenvalue weighted by molar-refractivity contribution is 5.94. The van der Waals surface area contributed by atoms with Gasteiger partial charge in [-0.2, -0.15) is 0 Å². The fraction of sp³-hybridized carbons (Fsp3) is 0.400. The number of nitrogens with one attached hydrogen (secondary N) is 1. The van der Waals surface area contributed by atoms with Crippen LogP contribution < -0.4 is 10.2 Å². The summed E-state index contributed by atoms with van der Waals surface area (Å²) in [7, 11) is 0. The van der Waals surface area contributed by atoms with Crippen LogP contribution in [-0.2, 0) is 9.53 Å². The van der Waals surface area contributed by atoms with E-state index in [1.54, 1.807) is 42.7 Å². The van der Waals surface area contributed by atoms with E-state index in [-0.39, 0.29) is 17.8 Å². The van der Waals surface area contributed by atoms with Crippen molar-refractivity contribution in [3.05, 3.63) is 48.3 Å². The Labute approximate surface area is 158 Å². The van der Waals surface area contributed by atoms with Gasteiger partial charge in [-0.1, -0.05) is 6.92 Å². The number of nitrogens with zero attached hydrogens (tertiary/aromatic N) is 3. The van der Waals surface area contributed by atoms with E-state index in [9.17, 15) is 9.59 Å². The summed E-state index contributed by atoms with van der Waals surface area (Å²) in [5.74, 6) is 0.152. The lowest BCUT2D eigenvalue weighted by molar-refractivity contribution is -0.120. The summed E-state index contributed by atoms with van der Waals surface area (Å²) in [6.45, 7) is 3.79. The standard InChI is InChI=1S/C20H24N4O3/c1-2-13-27-19(26)15-6-8-17(9-7-15)23-18(25)16-5-3-12-24(14-16)20-21-10-4-11-22-20/h4,6-11,16H,2-3,5,12-14H2,1H3,(H,23,25). The van der Waals surface area contributed by atoms with Gasteiger partial charge in [0.05, 0.1) is 18.1 Å². The first-order chi connectivity index (χ1) is 13.2. The molecule has 1 aromatic heterocycles. The lowest BCUT2D eigenvalue weighted by Crippen LogP contribution is -2.41. The van der Waals surface area contributed by atoms with Crippen molar-refractivity contribution in [1.82, 2.24) is 9.97 Å². The Hall–Kier alpha value is -2.96. The Kier molecular flexibility index (Phi) is 6.35. The van der Waals surface area contributed by atoms with Crippen LogP contribution >= 0.6 is 0 Å². The maximum atomic E-state index is 12.6. The van der Waals surface area contributed by atoms with Crippen molar-refractivity contribution in [3.8, 4) is 0 Å². The van der Waals surface area contributed by atoms with E-state index >= 15 is 0 Å². The van der Waals surface area contributed by atoms with Crippen LogP contribution in [0.5, 0.6) is 0 Å². The number of hydrogen-bond acceptors (Lipinski definition) is 6. The van der Waals surface area contributed by atoms with Crippen LogP contribution in [0.4, 0.5) is 11.6 Å². The number of carbonyl (C=O) groups is 2. The van der Waals surface area contributed by atoms with E-state index in [0.717, 1.165) is 25.8 Å². The molecule has 1 atom stereocenters. The van der Waals surface area contributed by atoms with E-state index in [0.29, 0.717) is 30.4 Å². The minimum atomic E-state index is -0.347. The summed E-state index contributed by atoms with van der Waals surface area (Å²) in [4.78, 5) is 35.0. The van der Waals surface area contributed by atoms with Crippen molar-refractivity contribution in [2.24, 2.45) is 5.92 Å². The van der Waals surface area contributed by atoms with Crippen molar-refractivity contribution in [2.75, 3.05) is 29.9 Å². The van der Waals surface area contributed by atoms with Gasteiger partial charge in [0.2, 0.25) is 11.9 Å². The molecule has 0 radical (unpaired) electrons. The predicted molar refractivity (Wildman–Crippen MR) is 103 cm³/mol. The summed E-state index contributed by atoms with van der Waals surface area (Å²) in [5, 5.41) is 2.93. The molecule has 0 spiro atoms. The number of ether oxygens (including phenoxy) is 1. The van der Waals surface area contributed by atoms with Crippen LogP contribution in [0.3, 0.4) is 0 Å². The molecule has 0 bridgehead atoms. The molecule has 1 amide bonds. The van der Waals surface area contributed by atoms with Crippen LogP contribution in [0.15, 0.2) is 42.7 Å². The van der Waals surface area contributed by atoms with E-state index in [4.69, 9.17) is 4.74 Å². The monoisotopic (exact) mass is 368 g/mol. The van der Waals surface area contributed by atoms with Gasteiger partial charge >= 0.3 is 5.97 Å². The van der Waals surface area contributed by atoms with Crippen molar-refractivity contribution >= 4 is 23.5 Å². The van der Waals surface area contributed by atoms with Gasteiger partial charge in [-0.3, -0.25) is 4.79 Å². The van der Waals surface area contributed by atoms with Gasteiger partial charge < -0.3 is 15.0 Å². The molecule has 2 heterocycles. The van der Waals surface area contributed by atoms with Crippen molar-refractivity contribution in [1.29, 1.82) is 0 Å². The number of piperidine rings is 1. The second-order valence-electron chi connectivity index (χ2n) is 6.54. The molecular weight excluding hydrogens is 344 g/mol. The van der Waals surface area contributed by atoms with Gasteiger partial charge in [-0.15, -0.1) is 0 Å². The van der Waals surface area contributed by atoms with Gasteiger partial charge in [0.1, 0.15) is 0 Å². The van der Waals surface area contributed by atoms with Crippen LogP contribution in [0.25, 0.3) is 0 Å². The summed E-state index contributed by atoms with van der Waals surface area (Å²) in [5.41, 5.74) is 1.15. The molecule has 1 aliphatic rings. The highest BCUT2D eigenvalue weighted by Crippen LogP contribution is 2.21. The Morgan fingerprint density at radius 2 is 1.96 bits per heavy atom. The Bertz CT molecular complexity index is 765. The normalized spacial score (nSPS) is 16.6. The second-order valence-corrected chi connectivity index (χ2v) is 6.54. The van der Waals surface area contributed by atoms with Crippen LogP contribution in [0.2, 0.25) is 0 Å². The van der Waals surface area contributed by atoms with Gasteiger partial charge in [-0.05, 0) is 49.6 Å². The highest BCUT2D eigenvalue weighted by atomic mass is 16.5. The number of esters is 1. The molecule has 3 rings (SSSR count). The first kappa shape index (κ1) is 18.8.